The molecule has 1 aliphatic rings. The zero-order valence-corrected chi connectivity index (χ0v) is 6.26. The Kier molecular flexibility index (Phi) is 1.99. The molecular weight excluding hydrogens is 155 g/mol. The zero-order chi connectivity index (χ0) is 6.85. The van der Waals surface area contributed by atoms with Crippen LogP contribution >= 0.6 is 23.2 Å². The molecule has 0 unspecified atom stereocenters. The minimum Gasteiger partial charge on any atom is -0.0940 e. The van der Waals surface area contributed by atoms with Crippen molar-refractivity contribution in [2.24, 2.45) is 0 Å². The molecule has 1 radical (unpaired) electrons. The lowest BCUT2D eigenvalue weighted by atomic mass is 10.1. The molecule has 0 atom stereocenters. The number of allylic oxidation sites excluding steroid dienone is 5. The van der Waals surface area contributed by atoms with E-state index in [0.717, 1.165) is 12.0 Å². The van der Waals surface area contributed by atoms with Crippen molar-refractivity contribution in [3.63, 3.8) is 0 Å². The van der Waals surface area contributed by atoms with Crippen molar-refractivity contribution in [3.05, 3.63) is 34.4 Å². The first kappa shape index (κ1) is 6.91. The normalized spacial score (nSPS) is 19.1. The van der Waals surface area contributed by atoms with Crippen LogP contribution in [0.25, 0.3) is 0 Å². The summed E-state index contributed by atoms with van der Waals surface area (Å²) in [7, 11) is 0. The molecule has 47 valence electrons. The molecule has 2 heteroatoms. The fraction of sp³-hybridized carbons (Fsp3) is 0.143. The molecule has 0 aromatic heterocycles. The van der Waals surface area contributed by atoms with Crippen molar-refractivity contribution in [2.75, 3.05) is 0 Å². The van der Waals surface area contributed by atoms with Gasteiger partial charge in [-0.05, 0) is 18.1 Å². The van der Waals surface area contributed by atoms with Gasteiger partial charge in [0.1, 0.15) is 0 Å². The Bertz CT molecular complexity index is 199. The molecule has 1 rings (SSSR count). The predicted octanol–water partition coefficient (Wildman–Crippen LogP) is 2.99. The second kappa shape index (κ2) is 2.59. The standard InChI is InChI=1S/C7H5Cl2/c1-5-3-2-4-6(8)7(5)9/h2H,1,3H2. The summed E-state index contributed by atoms with van der Waals surface area (Å²) < 4.78 is 0. The van der Waals surface area contributed by atoms with Crippen LogP contribution in [0.1, 0.15) is 6.42 Å². The van der Waals surface area contributed by atoms with E-state index in [1.165, 1.54) is 0 Å². The predicted molar refractivity (Wildman–Crippen MR) is 40.3 cm³/mol. The Morgan fingerprint density at radius 2 is 2.22 bits per heavy atom. The summed E-state index contributed by atoms with van der Waals surface area (Å²) in [5.74, 6) is 0. The molecule has 0 aromatic rings. The van der Waals surface area contributed by atoms with Crippen molar-refractivity contribution >= 4 is 23.2 Å². The first-order chi connectivity index (χ1) is 4.22. The Balaban J connectivity index is 2.97. The van der Waals surface area contributed by atoms with Gasteiger partial charge in [-0.3, -0.25) is 0 Å². The average molecular weight is 160 g/mol. The average Bonchev–Trinajstić information content (AvgIpc) is 1.83. The van der Waals surface area contributed by atoms with Gasteiger partial charge in [-0.25, -0.2) is 0 Å². The number of hydrogen-bond acceptors (Lipinski definition) is 0. The summed E-state index contributed by atoms with van der Waals surface area (Å²) in [6.45, 7) is 3.70. The summed E-state index contributed by atoms with van der Waals surface area (Å²) >= 11 is 11.3. The Morgan fingerprint density at radius 3 is 2.67 bits per heavy atom. The maximum absolute atomic E-state index is 5.68. The largest absolute Gasteiger partial charge is 0.0940 e. The zero-order valence-electron chi connectivity index (χ0n) is 4.75. The van der Waals surface area contributed by atoms with Gasteiger partial charge in [-0.2, -0.15) is 0 Å². The summed E-state index contributed by atoms with van der Waals surface area (Å²) in [6.07, 6.45) is 5.36. The topological polar surface area (TPSA) is 0 Å². The van der Waals surface area contributed by atoms with Gasteiger partial charge in [0.05, 0.1) is 10.1 Å². The third-order valence-corrected chi connectivity index (χ3v) is 1.93. The van der Waals surface area contributed by atoms with Crippen LogP contribution in [0.5, 0.6) is 0 Å². The first-order valence-corrected chi connectivity index (χ1v) is 3.29. The molecule has 0 aliphatic heterocycles. The van der Waals surface area contributed by atoms with Gasteiger partial charge in [-0.15, -0.1) is 0 Å². The highest BCUT2D eigenvalue weighted by Gasteiger charge is 2.06. The number of hydrogen-bond donors (Lipinski definition) is 0. The molecule has 0 spiro atoms. The van der Waals surface area contributed by atoms with E-state index in [4.69, 9.17) is 23.2 Å². The number of rotatable bonds is 0. The van der Waals surface area contributed by atoms with Gasteiger partial charge in [0, 0.05) is 0 Å². The van der Waals surface area contributed by atoms with Gasteiger partial charge in [0.15, 0.2) is 0 Å². The van der Waals surface area contributed by atoms with Crippen LogP contribution in [0.2, 0.25) is 0 Å². The molecule has 0 fully saturated rings. The molecule has 9 heavy (non-hydrogen) atoms. The second-order valence-electron chi connectivity index (χ2n) is 1.78. The lowest BCUT2D eigenvalue weighted by molar-refractivity contribution is 1.24. The Hall–Kier alpha value is -0.200. The minimum absolute atomic E-state index is 0.466. The molecule has 0 aromatic carbocycles. The summed E-state index contributed by atoms with van der Waals surface area (Å²) in [4.78, 5) is 0. The van der Waals surface area contributed by atoms with Crippen LogP contribution in [0.4, 0.5) is 0 Å². The van der Waals surface area contributed by atoms with E-state index in [1.54, 1.807) is 0 Å². The Labute approximate surface area is 64.5 Å². The third kappa shape index (κ3) is 1.38. The monoisotopic (exact) mass is 159 g/mol. The first-order valence-electron chi connectivity index (χ1n) is 2.53. The Morgan fingerprint density at radius 1 is 1.56 bits per heavy atom. The van der Waals surface area contributed by atoms with E-state index in [2.05, 4.69) is 12.7 Å². The lowest BCUT2D eigenvalue weighted by Crippen LogP contribution is -1.87. The molecule has 0 bridgehead atoms. The van der Waals surface area contributed by atoms with E-state index in [9.17, 15) is 0 Å². The maximum Gasteiger partial charge on any atom is 0.0670 e. The van der Waals surface area contributed by atoms with Crippen molar-refractivity contribution in [3.8, 4) is 0 Å². The molecule has 0 nitrogen and oxygen atoms in total. The fourth-order valence-corrected chi connectivity index (χ4v) is 0.914. The van der Waals surface area contributed by atoms with Crippen LogP contribution in [0.3, 0.4) is 0 Å². The highest BCUT2D eigenvalue weighted by atomic mass is 35.5. The van der Waals surface area contributed by atoms with E-state index < -0.39 is 0 Å². The van der Waals surface area contributed by atoms with Gasteiger partial charge in [-0.1, -0.05) is 35.9 Å². The summed E-state index contributed by atoms with van der Waals surface area (Å²) in [5, 5.41) is 1.01. The highest BCUT2D eigenvalue weighted by molar-refractivity contribution is 6.41. The van der Waals surface area contributed by atoms with E-state index >= 15 is 0 Å². The molecule has 0 heterocycles. The van der Waals surface area contributed by atoms with Crippen LogP contribution in [0.15, 0.2) is 28.3 Å². The van der Waals surface area contributed by atoms with E-state index in [-0.39, 0.29) is 0 Å². The minimum atomic E-state index is 0.466. The van der Waals surface area contributed by atoms with Crippen LogP contribution in [-0.4, -0.2) is 0 Å². The summed E-state index contributed by atoms with van der Waals surface area (Å²) in [5.41, 5.74) is 0.861. The van der Waals surface area contributed by atoms with Crippen molar-refractivity contribution in [2.45, 2.75) is 6.42 Å². The maximum atomic E-state index is 5.68. The highest BCUT2D eigenvalue weighted by Crippen LogP contribution is 2.27. The van der Waals surface area contributed by atoms with Crippen LogP contribution in [-0.2, 0) is 0 Å². The lowest BCUT2D eigenvalue weighted by Gasteiger charge is -2.05. The van der Waals surface area contributed by atoms with Crippen molar-refractivity contribution < 1.29 is 0 Å². The molecule has 0 saturated carbocycles. The van der Waals surface area contributed by atoms with Crippen molar-refractivity contribution in [1.82, 2.24) is 0 Å². The summed E-state index contributed by atoms with van der Waals surface area (Å²) in [6, 6.07) is 0. The molecular formula is C7H5Cl2. The van der Waals surface area contributed by atoms with E-state index in [0.29, 0.717) is 10.1 Å². The molecule has 0 saturated heterocycles. The number of halogens is 2. The van der Waals surface area contributed by atoms with Gasteiger partial charge < -0.3 is 0 Å². The molecule has 1 aliphatic carbocycles. The molecule has 0 amide bonds. The van der Waals surface area contributed by atoms with Gasteiger partial charge in [0.2, 0.25) is 0 Å². The second-order valence-corrected chi connectivity index (χ2v) is 2.54. The van der Waals surface area contributed by atoms with Crippen molar-refractivity contribution in [1.29, 1.82) is 0 Å². The van der Waals surface area contributed by atoms with Gasteiger partial charge >= 0.3 is 0 Å². The van der Waals surface area contributed by atoms with Gasteiger partial charge in [0.25, 0.3) is 0 Å². The SMILES string of the molecule is C=C1CC=[C]C(Cl)=C1Cl. The fourth-order valence-electron chi connectivity index (χ4n) is 0.572. The quantitative estimate of drug-likeness (QED) is 0.510. The van der Waals surface area contributed by atoms with E-state index in [1.807, 2.05) is 6.08 Å². The third-order valence-electron chi connectivity index (χ3n) is 1.08. The smallest absolute Gasteiger partial charge is 0.0670 e. The molecule has 0 N–H and O–H groups in total. The van der Waals surface area contributed by atoms with Crippen LogP contribution in [0, 0.1) is 6.08 Å². The van der Waals surface area contributed by atoms with Crippen LogP contribution < -0.4 is 0 Å².